The van der Waals surface area contributed by atoms with E-state index in [1.54, 1.807) is 36.5 Å². The number of methoxy groups -OCH3 is 1. The van der Waals surface area contributed by atoms with Crippen LogP contribution in [0.5, 0.6) is 0 Å². The Hall–Kier alpha value is -3.72. The minimum Gasteiger partial charge on any atom is -0.478 e. The number of hydrogen-bond donors (Lipinski definition) is 2. The van der Waals surface area contributed by atoms with Gasteiger partial charge in [0.15, 0.2) is 5.11 Å². The van der Waals surface area contributed by atoms with Gasteiger partial charge in [-0.1, -0.05) is 24.3 Å². The van der Waals surface area contributed by atoms with Crippen molar-refractivity contribution in [3.8, 4) is 11.3 Å². The van der Waals surface area contributed by atoms with Gasteiger partial charge in [-0.15, -0.1) is 0 Å². The fraction of sp³-hybridized carbons (Fsp3) is 0.217. The molecule has 164 valence electrons. The van der Waals surface area contributed by atoms with Crippen molar-refractivity contribution in [3.05, 3.63) is 77.8 Å². The van der Waals surface area contributed by atoms with E-state index in [2.05, 4.69) is 10.3 Å². The second kappa shape index (κ2) is 9.19. The van der Waals surface area contributed by atoms with Crippen molar-refractivity contribution < 1.29 is 23.8 Å². The zero-order valence-corrected chi connectivity index (χ0v) is 18.0. The van der Waals surface area contributed by atoms with Crippen LogP contribution in [0, 0.1) is 0 Å². The molecule has 2 aromatic heterocycles. The summed E-state index contributed by atoms with van der Waals surface area (Å²) >= 11 is 5.55. The highest BCUT2D eigenvalue weighted by Gasteiger charge is 2.41. The normalized spacial score (nSPS) is 17.8. The molecule has 1 aliphatic heterocycles. The number of esters is 1. The molecule has 9 heteroatoms. The standard InChI is InChI=1S/C23H21N3O5S/c1-30-19(27)11-13-26-21(20(25-23(26)32)16-8-4-5-12-24-16)18-10-9-17(31-18)14-6-2-3-7-15(14)22(28)29/h2-10,12,20-21H,11,13H2,1H3,(H,25,32)(H,28,29)/t20-,21+/m0/s1. The molecule has 3 aromatic rings. The molecule has 0 spiro atoms. The molecule has 1 fully saturated rings. The first-order valence-electron chi connectivity index (χ1n) is 9.97. The molecule has 0 radical (unpaired) electrons. The minimum absolute atomic E-state index is 0.150. The molecule has 0 aliphatic carbocycles. The molecule has 0 bridgehead atoms. The van der Waals surface area contributed by atoms with E-state index in [9.17, 15) is 14.7 Å². The number of thiocarbonyl (C=S) groups is 1. The summed E-state index contributed by atoms with van der Waals surface area (Å²) in [6, 6.07) is 15.1. The van der Waals surface area contributed by atoms with Crippen LogP contribution in [0.25, 0.3) is 11.3 Å². The molecular formula is C23H21N3O5S. The summed E-state index contributed by atoms with van der Waals surface area (Å²) in [5.74, 6) is -0.367. The number of pyridine rings is 1. The molecule has 3 heterocycles. The van der Waals surface area contributed by atoms with Gasteiger partial charge in [-0.3, -0.25) is 9.78 Å². The van der Waals surface area contributed by atoms with Crippen molar-refractivity contribution in [2.75, 3.05) is 13.7 Å². The van der Waals surface area contributed by atoms with Crippen LogP contribution in [0.2, 0.25) is 0 Å². The van der Waals surface area contributed by atoms with E-state index >= 15 is 0 Å². The Morgan fingerprint density at radius 3 is 2.69 bits per heavy atom. The minimum atomic E-state index is -1.03. The number of carbonyl (C=O) groups excluding carboxylic acids is 1. The van der Waals surface area contributed by atoms with Gasteiger partial charge in [-0.05, 0) is 42.5 Å². The molecule has 0 saturated carbocycles. The molecule has 4 rings (SSSR count). The van der Waals surface area contributed by atoms with Crippen LogP contribution in [0.1, 0.15) is 40.3 Å². The number of aromatic carboxylic acids is 1. The van der Waals surface area contributed by atoms with Crippen molar-refractivity contribution in [2.45, 2.75) is 18.5 Å². The number of ether oxygens (including phenoxy) is 1. The number of nitrogens with zero attached hydrogens (tertiary/aromatic N) is 2. The Labute approximate surface area is 189 Å². The summed E-state index contributed by atoms with van der Waals surface area (Å²) in [4.78, 5) is 29.7. The third-order valence-electron chi connectivity index (χ3n) is 5.32. The maximum absolute atomic E-state index is 11.8. The summed E-state index contributed by atoms with van der Waals surface area (Å²) in [7, 11) is 1.34. The zero-order chi connectivity index (χ0) is 22.7. The van der Waals surface area contributed by atoms with Crippen molar-refractivity contribution in [2.24, 2.45) is 0 Å². The fourth-order valence-electron chi connectivity index (χ4n) is 3.81. The van der Waals surface area contributed by atoms with E-state index in [0.717, 1.165) is 5.69 Å². The number of carboxylic acid groups (broad SMARTS) is 1. The molecule has 8 nitrogen and oxygen atoms in total. The van der Waals surface area contributed by atoms with E-state index in [-0.39, 0.29) is 30.0 Å². The maximum Gasteiger partial charge on any atom is 0.336 e. The third kappa shape index (κ3) is 4.19. The van der Waals surface area contributed by atoms with Gasteiger partial charge < -0.3 is 24.5 Å². The number of carboxylic acids is 1. The van der Waals surface area contributed by atoms with Crippen LogP contribution in [0.3, 0.4) is 0 Å². The van der Waals surface area contributed by atoms with E-state index in [1.165, 1.54) is 13.2 Å². The van der Waals surface area contributed by atoms with Gasteiger partial charge in [-0.25, -0.2) is 4.79 Å². The lowest BCUT2D eigenvalue weighted by Crippen LogP contribution is -2.31. The van der Waals surface area contributed by atoms with Crippen LogP contribution >= 0.6 is 12.2 Å². The van der Waals surface area contributed by atoms with Gasteiger partial charge in [0.1, 0.15) is 17.6 Å². The summed E-state index contributed by atoms with van der Waals surface area (Å²) in [5, 5.41) is 13.3. The van der Waals surface area contributed by atoms with Crippen LogP contribution in [-0.2, 0) is 9.53 Å². The molecule has 0 unspecified atom stereocenters. The average Bonchev–Trinajstić information content (AvgIpc) is 3.42. The number of benzene rings is 1. The van der Waals surface area contributed by atoms with Gasteiger partial charge in [0, 0.05) is 18.3 Å². The monoisotopic (exact) mass is 451 g/mol. The van der Waals surface area contributed by atoms with Crippen LogP contribution in [0.15, 0.2) is 65.2 Å². The Morgan fingerprint density at radius 2 is 1.97 bits per heavy atom. The van der Waals surface area contributed by atoms with E-state index in [1.807, 2.05) is 23.1 Å². The van der Waals surface area contributed by atoms with Crippen molar-refractivity contribution in [3.63, 3.8) is 0 Å². The first kappa shape index (κ1) is 21.5. The molecule has 1 saturated heterocycles. The number of carbonyl (C=O) groups is 2. The number of rotatable bonds is 7. The highest BCUT2D eigenvalue weighted by Crippen LogP contribution is 2.40. The second-order valence-corrected chi connectivity index (χ2v) is 7.59. The molecule has 1 aliphatic rings. The summed E-state index contributed by atoms with van der Waals surface area (Å²) in [6.07, 6.45) is 1.85. The van der Waals surface area contributed by atoms with E-state index < -0.39 is 5.97 Å². The van der Waals surface area contributed by atoms with Gasteiger partial charge in [0.25, 0.3) is 0 Å². The molecule has 0 amide bonds. The Morgan fingerprint density at radius 1 is 1.19 bits per heavy atom. The SMILES string of the molecule is COC(=O)CCN1C(=S)N[C@@H](c2ccccn2)[C@H]1c1ccc(-c2ccccc2C(=O)O)o1. The van der Waals surface area contributed by atoms with E-state index in [0.29, 0.717) is 28.7 Å². The van der Waals surface area contributed by atoms with Gasteiger partial charge in [0.2, 0.25) is 0 Å². The molecule has 1 aromatic carbocycles. The van der Waals surface area contributed by atoms with Crippen LogP contribution in [0.4, 0.5) is 0 Å². The summed E-state index contributed by atoms with van der Waals surface area (Å²) < 4.78 is 10.9. The number of aromatic nitrogens is 1. The van der Waals surface area contributed by atoms with Crippen molar-refractivity contribution in [1.29, 1.82) is 0 Å². The predicted octanol–water partition coefficient (Wildman–Crippen LogP) is 3.58. The first-order valence-corrected chi connectivity index (χ1v) is 10.4. The number of hydrogen-bond acceptors (Lipinski definition) is 6. The zero-order valence-electron chi connectivity index (χ0n) is 17.2. The van der Waals surface area contributed by atoms with Gasteiger partial charge in [0.05, 0.1) is 30.8 Å². The number of nitrogens with one attached hydrogen (secondary N) is 1. The first-order chi connectivity index (χ1) is 15.5. The second-order valence-electron chi connectivity index (χ2n) is 7.20. The van der Waals surface area contributed by atoms with Gasteiger partial charge >= 0.3 is 11.9 Å². The lowest BCUT2D eigenvalue weighted by atomic mass is 10.0. The molecule has 32 heavy (non-hydrogen) atoms. The average molecular weight is 452 g/mol. The predicted molar refractivity (Wildman–Crippen MR) is 120 cm³/mol. The maximum atomic E-state index is 11.8. The third-order valence-corrected chi connectivity index (χ3v) is 5.68. The van der Waals surface area contributed by atoms with Gasteiger partial charge in [-0.2, -0.15) is 0 Å². The molecule has 2 N–H and O–H groups in total. The number of furan rings is 1. The quantitative estimate of drug-likeness (QED) is 0.412. The smallest absolute Gasteiger partial charge is 0.336 e. The highest BCUT2D eigenvalue weighted by atomic mass is 32.1. The largest absolute Gasteiger partial charge is 0.478 e. The highest BCUT2D eigenvalue weighted by molar-refractivity contribution is 7.80. The van der Waals surface area contributed by atoms with Crippen molar-refractivity contribution in [1.82, 2.24) is 15.2 Å². The Bertz CT molecular complexity index is 1150. The van der Waals surface area contributed by atoms with Crippen molar-refractivity contribution >= 4 is 29.3 Å². The molecular weight excluding hydrogens is 430 g/mol. The fourth-order valence-corrected chi connectivity index (χ4v) is 4.14. The summed E-state index contributed by atoms with van der Waals surface area (Å²) in [5.41, 5.74) is 1.40. The molecule has 2 atom stereocenters. The Kier molecular flexibility index (Phi) is 6.18. The lowest BCUT2D eigenvalue weighted by Gasteiger charge is -2.25. The van der Waals surface area contributed by atoms with E-state index in [4.69, 9.17) is 21.4 Å². The topological polar surface area (TPSA) is 105 Å². The Balaban J connectivity index is 1.72. The van der Waals surface area contributed by atoms with Crippen LogP contribution in [-0.4, -0.2) is 45.7 Å². The lowest BCUT2D eigenvalue weighted by molar-refractivity contribution is -0.140. The van der Waals surface area contributed by atoms with Crippen LogP contribution < -0.4 is 5.32 Å². The summed E-state index contributed by atoms with van der Waals surface area (Å²) in [6.45, 7) is 0.328.